The predicted molar refractivity (Wildman–Crippen MR) is 95.9 cm³/mol. The smallest absolute Gasteiger partial charge is 0.165 e. The maximum absolute atomic E-state index is 13.6. The van der Waals surface area contributed by atoms with E-state index in [9.17, 15) is 9.50 Å². The third-order valence-corrected chi connectivity index (χ3v) is 4.68. The second kappa shape index (κ2) is 6.72. The van der Waals surface area contributed by atoms with Crippen LogP contribution in [0, 0.1) is 5.82 Å². The zero-order valence-electron chi connectivity index (χ0n) is 14.1. The molecular formula is C18H19FN6O. The summed E-state index contributed by atoms with van der Waals surface area (Å²) in [4.78, 5) is 0. The minimum Gasteiger partial charge on any atom is -0.504 e. The Hall–Kier alpha value is -3.00. The molecule has 0 spiro atoms. The Morgan fingerprint density at radius 1 is 1.19 bits per heavy atom. The lowest BCUT2D eigenvalue weighted by Gasteiger charge is -2.22. The minimum absolute atomic E-state index is 0.259. The third kappa shape index (κ3) is 2.99. The predicted octanol–water partition coefficient (Wildman–Crippen LogP) is 2.36. The van der Waals surface area contributed by atoms with E-state index in [1.54, 1.807) is 18.3 Å². The molecule has 0 unspecified atom stereocenters. The van der Waals surface area contributed by atoms with Crippen LogP contribution in [0.25, 0.3) is 22.4 Å². The van der Waals surface area contributed by atoms with Crippen molar-refractivity contribution in [3.05, 3.63) is 42.5 Å². The standard InChI is InChI=1S/C18H19FN6O/c19-15-3-1-2-13(17(15)26)16-8-14(18(20)24-23-16)11-9-22-25(10-11)12-4-6-21-7-5-12/h1-3,8-10,12,21,26H,4-7H2,(H2,20,24). The summed E-state index contributed by atoms with van der Waals surface area (Å²) in [6.45, 7) is 1.95. The Labute approximate surface area is 149 Å². The first-order chi connectivity index (χ1) is 12.6. The van der Waals surface area contributed by atoms with Gasteiger partial charge in [-0.25, -0.2) is 4.39 Å². The summed E-state index contributed by atoms with van der Waals surface area (Å²) in [5.41, 5.74) is 8.08. The van der Waals surface area contributed by atoms with Crippen LogP contribution >= 0.6 is 0 Å². The van der Waals surface area contributed by atoms with Crippen LogP contribution in [0.1, 0.15) is 18.9 Å². The van der Waals surface area contributed by atoms with Gasteiger partial charge >= 0.3 is 0 Å². The second-order valence-corrected chi connectivity index (χ2v) is 6.35. The summed E-state index contributed by atoms with van der Waals surface area (Å²) in [7, 11) is 0. The highest BCUT2D eigenvalue weighted by Crippen LogP contribution is 2.33. The van der Waals surface area contributed by atoms with Gasteiger partial charge in [0.15, 0.2) is 17.4 Å². The number of rotatable bonds is 3. The van der Waals surface area contributed by atoms with Crippen molar-refractivity contribution in [1.29, 1.82) is 0 Å². The fourth-order valence-electron chi connectivity index (χ4n) is 3.23. The fourth-order valence-corrected chi connectivity index (χ4v) is 3.23. The Balaban J connectivity index is 1.71. The molecule has 0 radical (unpaired) electrons. The molecule has 1 saturated heterocycles. The molecule has 0 amide bonds. The zero-order valence-corrected chi connectivity index (χ0v) is 14.1. The number of aromatic nitrogens is 4. The van der Waals surface area contributed by atoms with Crippen molar-refractivity contribution >= 4 is 5.82 Å². The van der Waals surface area contributed by atoms with E-state index in [2.05, 4.69) is 20.6 Å². The number of piperidine rings is 1. The SMILES string of the molecule is Nc1nnc(-c2cccc(F)c2O)cc1-c1cnn(C2CCNCC2)c1. The largest absolute Gasteiger partial charge is 0.504 e. The molecule has 3 aromatic rings. The van der Waals surface area contributed by atoms with Gasteiger partial charge in [0.2, 0.25) is 0 Å². The van der Waals surface area contributed by atoms with Crippen LogP contribution in [0.15, 0.2) is 36.7 Å². The molecule has 1 aliphatic heterocycles. The number of nitrogen functional groups attached to an aromatic ring is 1. The van der Waals surface area contributed by atoms with E-state index in [4.69, 9.17) is 5.73 Å². The lowest BCUT2D eigenvalue weighted by molar-refractivity contribution is 0.343. The van der Waals surface area contributed by atoms with Crippen LogP contribution in [-0.2, 0) is 0 Å². The van der Waals surface area contributed by atoms with Crippen molar-refractivity contribution in [2.45, 2.75) is 18.9 Å². The van der Waals surface area contributed by atoms with Crippen LogP contribution in [-0.4, -0.2) is 38.2 Å². The fraction of sp³-hybridized carbons (Fsp3) is 0.278. The summed E-state index contributed by atoms with van der Waals surface area (Å²) >= 11 is 0. The van der Waals surface area contributed by atoms with Gasteiger partial charge in [-0.1, -0.05) is 6.07 Å². The summed E-state index contributed by atoms with van der Waals surface area (Å²) < 4.78 is 15.6. The van der Waals surface area contributed by atoms with Gasteiger partial charge in [-0.3, -0.25) is 4.68 Å². The average molecular weight is 354 g/mol. The van der Waals surface area contributed by atoms with Gasteiger partial charge in [0.25, 0.3) is 0 Å². The van der Waals surface area contributed by atoms with Crippen molar-refractivity contribution in [3.8, 4) is 28.1 Å². The van der Waals surface area contributed by atoms with Crippen molar-refractivity contribution < 1.29 is 9.50 Å². The molecule has 3 heterocycles. The number of phenols is 1. The molecule has 134 valence electrons. The molecule has 1 aromatic carbocycles. The lowest BCUT2D eigenvalue weighted by atomic mass is 10.1. The van der Waals surface area contributed by atoms with Crippen LogP contribution in [0.2, 0.25) is 0 Å². The van der Waals surface area contributed by atoms with Crippen LogP contribution < -0.4 is 11.1 Å². The van der Waals surface area contributed by atoms with E-state index in [0.717, 1.165) is 31.5 Å². The molecule has 1 aliphatic rings. The molecule has 0 saturated carbocycles. The van der Waals surface area contributed by atoms with Crippen LogP contribution in [0.3, 0.4) is 0 Å². The number of benzene rings is 1. The van der Waals surface area contributed by atoms with Gasteiger partial charge in [-0.05, 0) is 44.1 Å². The van der Waals surface area contributed by atoms with E-state index >= 15 is 0 Å². The molecule has 0 bridgehead atoms. The number of halogens is 1. The van der Waals surface area contributed by atoms with Crippen molar-refractivity contribution in [2.24, 2.45) is 0 Å². The van der Waals surface area contributed by atoms with E-state index in [-0.39, 0.29) is 11.4 Å². The van der Waals surface area contributed by atoms with Crippen LogP contribution in [0.4, 0.5) is 10.2 Å². The molecule has 1 fully saturated rings. The number of nitrogens with two attached hydrogens (primary N) is 1. The normalized spacial score (nSPS) is 15.3. The highest BCUT2D eigenvalue weighted by atomic mass is 19.1. The Morgan fingerprint density at radius 2 is 2.00 bits per heavy atom. The van der Waals surface area contributed by atoms with Gasteiger partial charge in [0, 0.05) is 22.9 Å². The molecular weight excluding hydrogens is 335 g/mol. The number of aromatic hydroxyl groups is 1. The number of hydrogen-bond donors (Lipinski definition) is 3. The molecule has 2 aromatic heterocycles. The zero-order chi connectivity index (χ0) is 18.1. The molecule has 4 rings (SSSR count). The summed E-state index contributed by atoms with van der Waals surface area (Å²) in [6.07, 6.45) is 5.73. The Bertz CT molecular complexity index is 935. The quantitative estimate of drug-likeness (QED) is 0.667. The first-order valence-electron chi connectivity index (χ1n) is 8.50. The van der Waals surface area contributed by atoms with E-state index in [0.29, 0.717) is 17.3 Å². The lowest BCUT2D eigenvalue weighted by Crippen LogP contribution is -2.29. The minimum atomic E-state index is -0.707. The van der Waals surface area contributed by atoms with Gasteiger partial charge in [0.05, 0.1) is 17.9 Å². The maximum Gasteiger partial charge on any atom is 0.165 e. The molecule has 7 nitrogen and oxygen atoms in total. The maximum atomic E-state index is 13.6. The third-order valence-electron chi connectivity index (χ3n) is 4.68. The number of nitrogens with zero attached hydrogens (tertiary/aromatic N) is 4. The second-order valence-electron chi connectivity index (χ2n) is 6.35. The Morgan fingerprint density at radius 3 is 2.81 bits per heavy atom. The molecule has 26 heavy (non-hydrogen) atoms. The van der Waals surface area contributed by atoms with E-state index in [1.807, 2.05) is 10.9 Å². The first kappa shape index (κ1) is 16.5. The monoisotopic (exact) mass is 354 g/mol. The topological polar surface area (TPSA) is 102 Å². The van der Waals surface area contributed by atoms with Gasteiger partial charge in [0.1, 0.15) is 0 Å². The van der Waals surface area contributed by atoms with Crippen molar-refractivity contribution in [1.82, 2.24) is 25.3 Å². The number of anilines is 1. The summed E-state index contributed by atoms with van der Waals surface area (Å²) in [5.74, 6) is -0.904. The number of nitrogens with one attached hydrogen (secondary N) is 1. The number of phenolic OH excluding ortho intramolecular Hbond substituents is 1. The van der Waals surface area contributed by atoms with E-state index < -0.39 is 11.6 Å². The first-order valence-corrected chi connectivity index (χ1v) is 8.50. The summed E-state index contributed by atoms with van der Waals surface area (Å²) in [6, 6.07) is 6.33. The molecule has 0 aliphatic carbocycles. The van der Waals surface area contributed by atoms with Gasteiger partial charge in [-0.2, -0.15) is 5.10 Å². The van der Waals surface area contributed by atoms with Crippen LogP contribution in [0.5, 0.6) is 5.75 Å². The summed E-state index contributed by atoms with van der Waals surface area (Å²) in [5, 5.41) is 25.7. The average Bonchev–Trinajstić information content (AvgIpc) is 3.15. The number of hydrogen-bond acceptors (Lipinski definition) is 6. The highest BCUT2D eigenvalue weighted by Gasteiger charge is 2.18. The Kier molecular flexibility index (Phi) is 4.26. The van der Waals surface area contributed by atoms with Gasteiger partial charge in [-0.15, -0.1) is 10.2 Å². The molecule has 0 atom stereocenters. The molecule has 8 heteroatoms. The highest BCUT2D eigenvalue weighted by molar-refractivity contribution is 5.78. The molecule has 4 N–H and O–H groups in total. The number of para-hydroxylation sites is 1. The van der Waals surface area contributed by atoms with E-state index in [1.165, 1.54) is 12.1 Å². The van der Waals surface area contributed by atoms with Crippen molar-refractivity contribution in [2.75, 3.05) is 18.8 Å². The van der Waals surface area contributed by atoms with Gasteiger partial charge < -0.3 is 16.2 Å². The van der Waals surface area contributed by atoms with Crippen molar-refractivity contribution in [3.63, 3.8) is 0 Å².